The molecule has 0 saturated carbocycles. The summed E-state index contributed by atoms with van der Waals surface area (Å²) >= 11 is 0. The van der Waals surface area contributed by atoms with E-state index in [4.69, 9.17) is 0 Å². The zero-order valence-corrected chi connectivity index (χ0v) is 18.2. The standard InChI is InChI=1S/C23H23FN8O/c1-16-5-8-22(32-26-9-10-27-32)19(12-16)23(33)30-11-3-2-4-18(30)15-31-28-14-21(29-31)20-7-6-17(24)13-25-20/h5-10,12-14,18H,2-4,11,15H2,1H3/t18-/m0/s1. The third-order valence-electron chi connectivity index (χ3n) is 5.81. The molecule has 1 aliphatic heterocycles. The molecule has 168 valence electrons. The molecule has 0 bridgehead atoms. The van der Waals surface area contributed by atoms with Gasteiger partial charge in [-0.1, -0.05) is 11.6 Å². The summed E-state index contributed by atoms with van der Waals surface area (Å²) in [5, 5.41) is 17.3. The summed E-state index contributed by atoms with van der Waals surface area (Å²) in [5.74, 6) is -0.452. The number of hydrogen-bond acceptors (Lipinski definition) is 6. The maximum Gasteiger partial charge on any atom is 0.256 e. The number of pyridine rings is 1. The zero-order valence-electron chi connectivity index (χ0n) is 18.2. The molecule has 0 spiro atoms. The molecule has 0 N–H and O–H groups in total. The Kier molecular flexibility index (Phi) is 5.64. The number of benzene rings is 1. The SMILES string of the molecule is Cc1ccc(-n2nccn2)c(C(=O)N2CCCC[C@H]2Cn2ncc(-c3ccc(F)cn3)n2)c1. The van der Waals surface area contributed by atoms with E-state index in [-0.39, 0.29) is 11.9 Å². The van der Waals surface area contributed by atoms with Crippen LogP contribution in [-0.2, 0) is 6.54 Å². The average Bonchev–Trinajstić information content (AvgIpc) is 3.52. The predicted octanol–water partition coefficient (Wildman–Crippen LogP) is 3.06. The number of aromatic nitrogens is 7. The third kappa shape index (κ3) is 4.36. The molecule has 4 aromatic rings. The molecule has 0 radical (unpaired) electrons. The number of piperidine rings is 1. The molecule has 1 amide bonds. The fourth-order valence-corrected chi connectivity index (χ4v) is 4.17. The number of nitrogens with zero attached hydrogens (tertiary/aromatic N) is 8. The number of likely N-dealkylation sites (tertiary alicyclic amines) is 1. The van der Waals surface area contributed by atoms with Crippen LogP contribution in [0.25, 0.3) is 17.1 Å². The van der Waals surface area contributed by atoms with Crippen LogP contribution in [0.2, 0.25) is 0 Å². The largest absolute Gasteiger partial charge is 0.334 e. The smallest absolute Gasteiger partial charge is 0.256 e. The average molecular weight is 446 g/mol. The zero-order chi connectivity index (χ0) is 22.8. The van der Waals surface area contributed by atoms with Crippen LogP contribution in [-0.4, -0.2) is 58.4 Å². The fourth-order valence-electron chi connectivity index (χ4n) is 4.17. The lowest BCUT2D eigenvalue weighted by Gasteiger charge is -2.35. The van der Waals surface area contributed by atoms with Gasteiger partial charge in [0.15, 0.2) is 0 Å². The normalized spacial score (nSPS) is 16.2. The second kappa shape index (κ2) is 8.89. The Morgan fingerprint density at radius 1 is 1.06 bits per heavy atom. The van der Waals surface area contributed by atoms with E-state index in [1.165, 1.54) is 10.9 Å². The molecule has 5 rings (SSSR count). The molecule has 10 heteroatoms. The minimum absolute atomic E-state index is 0.0494. The summed E-state index contributed by atoms with van der Waals surface area (Å²) in [6.45, 7) is 3.09. The number of hydrogen-bond donors (Lipinski definition) is 0. The number of aryl methyl sites for hydroxylation is 1. The molecule has 1 fully saturated rings. The summed E-state index contributed by atoms with van der Waals surface area (Å²) in [5.41, 5.74) is 3.34. The van der Waals surface area contributed by atoms with Crippen LogP contribution in [0.15, 0.2) is 55.1 Å². The van der Waals surface area contributed by atoms with Crippen LogP contribution in [0.1, 0.15) is 35.2 Å². The van der Waals surface area contributed by atoms with E-state index in [9.17, 15) is 9.18 Å². The van der Waals surface area contributed by atoms with Gasteiger partial charge in [0.25, 0.3) is 5.91 Å². The van der Waals surface area contributed by atoms with Crippen molar-refractivity contribution in [2.75, 3.05) is 6.54 Å². The summed E-state index contributed by atoms with van der Waals surface area (Å²) in [7, 11) is 0. The highest BCUT2D eigenvalue weighted by molar-refractivity contribution is 5.98. The van der Waals surface area contributed by atoms with Gasteiger partial charge in [0.2, 0.25) is 0 Å². The first-order chi connectivity index (χ1) is 16.1. The topological polar surface area (TPSA) is 94.6 Å². The van der Waals surface area contributed by atoms with E-state index in [1.807, 2.05) is 30.0 Å². The second-order valence-electron chi connectivity index (χ2n) is 8.13. The second-order valence-corrected chi connectivity index (χ2v) is 8.13. The summed E-state index contributed by atoms with van der Waals surface area (Å²) in [4.78, 5) is 22.7. The van der Waals surface area contributed by atoms with E-state index in [0.29, 0.717) is 35.7 Å². The van der Waals surface area contributed by atoms with Crippen molar-refractivity contribution in [1.29, 1.82) is 0 Å². The van der Waals surface area contributed by atoms with Crippen LogP contribution in [0, 0.1) is 12.7 Å². The van der Waals surface area contributed by atoms with Gasteiger partial charge in [-0.15, -0.1) is 0 Å². The molecule has 1 atom stereocenters. The van der Waals surface area contributed by atoms with Crippen molar-refractivity contribution >= 4 is 5.91 Å². The first-order valence-electron chi connectivity index (χ1n) is 10.9. The van der Waals surface area contributed by atoms with Crippen molar-refractivity contribution in [3.63, 3.8) is 0 Å². The first-order valence-corrected chi connectivity index (χ1v) is 10.9. The number of halogens is 1. The van der Waals surface area contributed by atoms with Crippen molar-refractivity contribution in [2.45, 2.75) is 38.8 Å². The summed E-state index contributed by atoms with van der Waals surface area (Å²) in [6.07, 6.45) is 8.79. The maximum atomic E-state index is 13.7. The van der Waals surface area contributed by atoms with Gasteiger partial charge in [0, 0.05) is 6.54 Å². The first kappa shape index (κ1) is 20.9. The van der Waals surface area contributed by atoms with Crippen molar-refractivity contribution in [3.8, 4) is 17.1 Å². The number of carbonyl (C=O) groups is 1. The molecule has 33 heavy (non-hydrogen) atoms. The number of amides is 1. The van der Waals surface area contributed by atoms with Gasteiger partial charge in [-0.25, -0.2) is 4.39 Å². The van der Waals surface area contributed by atoms with E-state index in [1.54, 1.807) is 29.5 Å². The molecular weight excluding hydrogens is 423 g/mol. The highest BCUT2D eigenvalue weighted by Crippen LogP contribution is 2.24. The van der Waals surface area contributed by atoms with Crippen LogP contribution in [0.5, 0.6) is 0 Å². The highest BCUT2D eigenvalue weighted by atomic mass is 19.1. The van der Waals surface area contributed by atoms with Crippen molar-refractivity contribution in [2.24, 2.45) is 0 Å². The lowest BCUT2D eigenvalue weighted by Crippen LogP contribution is -2.46. The Morgan fingerprint density at radius 2 is 1.91 bits per heavy atom. The summed E-state index contributed by atoms with van der Waals surface area (Å²) in [6, 6.07) is 8.57. The molecule has 0 aliphatic carbocycles. The molecule has 0 unspecified atom stereocenters. The Morgan fingerprint density at radius 3 is 2.70 bits per heavy atom. The van der Waals surface area contributed by atoms with E-state index >= 15 is 0 Å². The van der Waals surface area contributed by atoms with E-state index in [0.717, 1.165) is 31.0 Å². The molecular formula is C23H23FN8O. The lowest BCUT2D eigenvalue weighted by molar-refractivity contribution is 0.0577. The Balaban J connectivity index is 1.39. The molecule has 1 aliphatic rings. The molecule has 1 saturated heterocycles. The molecule has 4 heterocycles. The van der Waals surface area contributed by atoms with Crippen LogP contribution in [0.3, 0.4) is 0 Å². The number of rotatable bonds is 5. The minimum Gasteiger partial charge on any atom is -0.334 e. The van der Waals surface area contributed by atoms with Gasteiger partial charge in [-0.05, 0) is 50.5 Å². The Labute approximate surface area is 189 Å². The van der Waals surface area contributed by atoms with E-state index in [2.05, 4.69) is 25.4 Å². The van der Waals surface area contributed by atoms with Crippen molar-refractivity contribution in [3.05, 3.63) is 72.1 Å². The summed E-state index contributed by atoms with van der Waals surface area (Å²) < 4.78 is 13.2. The van der Waals surface area contributed by atoms with Crippen molar-refractivity contribution in [1.82, 2.24) is 39.9 Å². The van der Waals surface area contributed by atoms with Gasteiger partial charge in [-0.3, -0.25) is 9.78 Å². The molecule has 1 aromatic carbocycles. The monoisotopic (exact) mass is 446 g/mol. The van der Waals surface area contributed by atoms with Gasteiger partial charge in [0.1, 0.15) is 11.5 Å². The lowest BCUT2D eigenvalue weighted by atomic mass is 9.99. The third-order valence-corrected chi connectivity index (χ3v) is 5.81. The van der Waals surface area contributed by atoms with Gasteiger partial charge in [-0.2, -0.15) is 30.0 Å². The van der Waals surface area contributed by atoms with Crippen LogP contribution >= 0.6 is 0 Å². The molecule has 3 aromatic heterocycles. The number of carbonyl (C=O) groups excluding carboxylic acids is 1. The van der Waals surface area contributed by atoms with Gasteiger partial charge < -0.3 is 4.90 Å². The minimum atomic E-state index is -0.400. The van der Waals surface area contributed by atoms with Crippen molar-refractivity contribution < 1.29 is 9.18 Å². The highest BCUT2D eigenvalue weighted by Gasteiger charge is 2.30. The van der Waals surface area contributed by atoms with Gasteiger partial charge >= 0.3 is 0 Å². The van der Waals surface area contributed by atoms with Crippen LogP contribution in [0.4, 0.5) is 4.39 Å². The molecule has 9 nitrogen and oxygen atoms in total. The van der Waals surface area contributed by atoms with E-state index < -0.39 is 5.82 Å². The predicted molar refractivity (Wildman–Crippen MR) is 118 cm³/mol. The Bertz CT molecular complexity index is 1250. The van der Waals surface area contributed by atoms with Gasteiger partial charge in [0.05, 0.1) is 54.3 Å². The quantitative estimate of drug-likeness (QED) is 0.468. The fraction of sp³-hybridized carbons (Fsp3) is 0.304. The Hall–Kier alpha value is -3.95. The van der Waals surface area contributed by atoms with Crippen LogP contribution < -0.4 is 0 Å². The maximum absolute atomic E-state index is 13.7.